The monoisotopic (exact) mass is 410 g/mol. The third-order valence-electron chi connectivity index (χ3n) is 9.84. The van der Waals surface area contributed by atoms with Gasteiger partial charge in [-0.2, -0.15) is 5.10 Å². The van der Waals surface area contributed by atoms with Crippen LogP contribution in [0.1, 0.15) is 75.7 Å². The summed E-state index contributed by atoms with van der Waals surface area (Å²) in [5.74, 6) is 1.87. The summed E-state index contributed by atoms with van der Waals surface area (Å²) < 4.78 is 1.94. The van der Waals surface area contributed by atoms with Crippen LogP contribution in [0.25, 0.3) is 6.08 Å². The second kappa shape index (κ2) is 6.80. The van der Waals surface area contributed by atoms with Crippen LogP contribution in [0.15, 0.2) is 17.2 Å². The van der Waals surface area contributed by atoms with E-state index in [0.717, 1.165) is 44.2 Å². The van der Waals surface area contributed by atoms with Crippen molar-refractivity contribution < 1.29 is 10.2 Å². The molecule has 0 radical (unpaired) electrons. The highest BCUT2D eigenvalue weighted by molar-refractivity contribution is 5.59. The predicted molar refractivity (Wildman–Crippen MR) is 120 cm³/mol. The molecule has 3 saturated carbocycles. The maximum absolute atomic E-state index is 11.5. The van der Waals surface area contributed by atoms with Crippen LogP contribution in [0.2, 0.25) is 0 Å². The molecular weight excluding hydrogens is 372 g/mol. The summed E-state index contributed by atoms with van der Waals surface area (Å²) in [4.78, 5) is 0. The van der Waals surface area contributed by atoms with E-state index < -0.39 is 0 Å². The van der Waals surface area contributed by atoms with E-state index in [-0.39, 0.29) is 23.0 Å². The molecule has 1 heterocycles. The molecule has 0 spiro atoms. The van der Waals surface area contributed by atoms with Gasteiger partial charge in [0.15, 0.2) is 0 Å². The van der Waals surface area contributed by atoms with Gasteiger partial charge in [-0.05, 0) is 93.6 Å². The van der Waals surface area contributed by atoms with Crippen molar-refractivity contribution in [3.63, 3.8) is 0 Å². The van der Waals surface area contributed by atoms with Gasteiger partial charge >= 0.3 is 0 Å². The first-order valence-electron chi connectivity index (χ1n) is 11.9. The van der Waals surface area contributed by atoms with Gasteiger partial charge in [0.25, 0.3) is 0 Å². The Kier molecular flexibility index (Phi) is 4.65. The minimum atomic E-state index is -0.353. The number of allylic oxidation sites excluding steroid dienone is 1. The highest BCUT2D eigenvalue weighted by Crippen LogP contribution is 2.65. The quantitative estimate of drug-likeness (QED) is 0.659. The van der Waals surface area contributed by atoms with Crippen molar-refractivity contribution in [2.24, 2.45) is 35.6 Å². The molecule has 164 valence electrons. The molecule has 7 unspecified atom stereocenters. The average Bonchev–Trinajstić information content (AvgIpc) is 3.10. The molecule has 0 saturated heterocycles. The highest BCUT2D eigenvalue weighted by Gasteiger charge is 2.59. The number of aryl methyl sites for hydroxylation is 2. The van der Waals surface area contributed by atoms with Crippen molar-refractivity contribution >= 4 is 6.08 Å². The summed E-state index contributed by atoms with van der Waals surface area (Å²) in [7, 11) is 1.99. The fourth-order valence-electron chi connectivity index (χ4n) is 7.82. The molecule has 2 N–H and O–H groups in total. The Labute approximate surface area is 181 Å². The smallest absolute Gasteiger partial charge is 0.0809 e. The SMILES string of the molecule is Cc1nn(C)c(C)c1/C=C1/CC2C3CC=C4CC(O)CCC4(C)C3CCC2(C)C1O. The molecule has 3 fully saturated rings. The zero-order valence-electron chi connectivity index (χ0n) is 19.3. The third-order valence-corrected chi connectivity index (χ3v) is 9.84. The van der Waals surface area contributed by atoms with Crippen LogP contribution in [0.4, 0.5) is 0 Å². The Bertz CT molecular complexity index is 928. The first-order chi connectivity index (χ1) is 14.1. The van der Waals surface area contributed by atoms with Gasteiger partial charge in [0.05, 0.1) is 17.9 Å². The molecule has 4 aliphatic carbocycles. The maximum atomic E-state index is 11.5. The van der Waals surface area contributed by atoms with Crippen molar-refractivity contribution in [1.29, 1.82) is 0 Å². The van der Waals surface area contributed by atoms with Crippen molar-refractivity contribution in [1.82, 2.24) is 9.78 Å². The number of aliphatic hydroxyl groups is 2. The second-order valence-electron chi connectivity index (χ2n) is 11.2. The van der Waals surface area contributed by atoms with Gasteiger partial charge in [0, 0.05) is 23.7 Å². The number of hydrogen-bond donors (Lipinski definition) is 2. The van der Waals surface area contributed by atoms with Gasteiger partial charge in [-0.25, -0.2) is 0 Å². The molecule has 0 aromatic carbocycles. The number of aromatic nitrogens is 2. The van der Waals surface area contributed by atoms with Gasteiger partial charge in [-0.1, -0.05) is 25.5 Å². The molecule has 1 aromatic rings. The van der Waals surface area contributed by atoms with E-state index in [2.05, 4.69) is 44.9 Å². The molecule has 7 atom stereocenters. The largest absolute Gasteiger partial charge is 0.393 e. The zero-order valence-corrected chi connectivity index (χ0v) is 19.3. The Hall–Kier alpha value is -1.39. The highest BCUT2D eigenvalue weighted by atomic mass is 16.3. The van der Waals surface area contributed by atoms with E-state index in [0.29, 0.717) is 17.8 Å². The van der Waals surface area contributed by atoms with Gasteiger partial charge in [-0.3, -0.25) is 4.68 Å². The van der Waals surface area contributed by atoms with Crippen molar-refractivity contribution in [2.45, 2.75) is 84.8 Å². The average molecular weight is 411 g/mol. The summed E-state index contributed by atoms with van der Waals surface area (Å²) in [6.07, 6.45) is 11.6. The van der Waals surface area contributed by atoms with E-state index in [1.165, 1.54) is 28.8 Å². The van der Waals surface area contributed by atoms with Crippen LogP contribution in [0.3, 0.4) is 0 Å². The van der Waals surface area contributed by atoms with Gasteiger partial charge < -0.3 is 10.2 Å². The van der Waals surface area contributed by atoms with E-state index in [4.69, 9.17) is 0 Å². The molecule has 1 aromatic heterocycles. The number of hydrogen-bond acceptors (Lipinski definition) is 3. The Balaban J connectivity index is 1.49. The molecule has 0 aliphatic heterocycles. The van der Waals surface area contributed by atoms with Crippen LogP contribution in [-0.4, -0.2) is 32.2 Å². The topological polar surface area (TPSA) is 58.3 Å². The molecule has 0 amide bonds. The summed E-state index contributed by atoms with van der Waals surface area (Å²) in [6.45, 7) is 8.99. The van der Waals surface area contributed by atoms with Crippen molar-refractivity contribution in [2.75, 3.05) is 0 Å². The van der Waals surface area contributed by atoms with Crippen molar-refractivity contribution in [3.05, 3.63) is 34.2 Å². The normalized spacial score (nSPS) is 44.4. The zero-order chi connectivity index (χ0) is 21.4. The van der Waals surface area contributed by atoms with E-state index in [1.54, 1.807) is 0 Å². The molecule has 4 heteroatoms. The number of nitrogens with zero attached hydrogens (tertiary/aromatic N) is 2. The maximum Gasteiger partial charge on any atom is 0.0809 e. The van der Waals surface area contributed by atoms with E-state index in [1.807, 2.05) is 11.7 Å². The van der Waals surface area contributed by atoms with Crippen molar-refractivity contribution in [3.8, 4) is 0 Å². The predicted octanol–water partition coefficient (Wildman–Crippen LogP) is 4.71. The Morgan fingerprint density at radius 2 is 1.87 bits per heavy atom. The third kappa shape index (κ3) is 2.75. The lowest BCUT2D eigenvalue weighted by Crippen LogP contribution is -2.51. The number of rotatable bonds is 1. The fourth-order valence-corrected chi connectivity index (χ4v) is 7.82. The first kappa shape index (κ1) is 20.5. The van der Waals surface area contributed by atoms with Gasteiger partial charge in [0.2, 0.25) is 0 Å². The number of aliphatic hydroxyl groups excluding tert-OH is 2. The van der Waals surface area contributed by atoms with Crippen LogP contribution >= 0.6 is 0 Å². The second-order valence-corrected chi connectivity index (χ2v) is 11.2. The van der Waals surface area contributed by atoms with E-state index in [9.17, 15) is 10.2 Å². The molecular formula is C26H38N2O2. The summed E-state index contributed by atoms with van der Waals surface area (Å²) >= 11 is 0. The lowest BCUT2D eigenvalue weighted by atomic mass is 9.48. The minimum Gasteiger partial charge on any atom is -0.393 e. The molecule has 30 heavy (non-hydrogen) atoms. The summed E-state index contributed by atoms with van der Waals surface area (Å²) in [5.41, 5.74) is 6.35. The van der Waals surface area contributed by atoms with Gasteiger partial charge in [0.1, 0.15) is 0 Å². The summed E-state index contributed by atoms with van der Waals surface area (Å²) in [5, 5.41) is 26.3. The van der Waals surface area contributed by atoms with Gasteiger partial charge in [-0.15, -0.1) is 0 Å². The minimum absolute atomic E-state index is 0.0209. The van der Waals surface area contributed by atoms with Crippen LogP contribution < -0.4 is 0 Å². The fraction of sp³-hybridized carbons (Fsp3) is 0.731. The summed E-state index contributed by atoms with van der Waals surface area (Å²) in [6, 6.07) is 0. The lowest BCUT2D eigenvalue weighted by Gasteiger charge is -2.57. The molecule has 4 aliphatic rings. The van der Waals surface area contributed by atoms with Crippen LogP contribution in [-0.2, 0) is 7.05 Å². The molecule has 5 rings (SSSR count). The molecule has 4 nitrogen and oxygen atoms in total. The van der Waals surface area contributed by atoms with Crippen LogP contribution in [0, 0.1) is 42.4 Å². The molecule has 0 bridgehead atoms. The first-order valence-corrected chi connectivity index (χ1v) is 11.9. The lowest BCUT2D eigenvalue weighted by molar-refractivity contribution is -0.0685. The standard InChI is InChI=1S/C26H38N2O2/c1-15-21(16(2)28(5)27-15)12-17-13-23-20-7-6-18-14-19(29)8-10-25(18,3)22(20)9-11-26(23,4)24(17)30/h6,12,19-20,22-24,29-30H,7-11,13-14H2,1-5H3/b17-12-. The number of fused-ring (bicyclic) bond motifs is 5. The van der Waals surface area contributed by atoms with E-state index >= 15 is 0 Å². The Morgan fingerprint density at radius 3 is 2.57 bits per heavy atom. The Morgan fingerprint density at radius 1 is 1.10 bits per heavy atom. The van der Waals surface area contributed by atoms with Crippen LogP contribution in [0.5, 0.6) is 0 Å².